The highest BCUT2D eigenvalue weighted by atomic mass is 16.2. The van der Waals surface area contributed by atoms with Gasteiger partial charge in [0.15, 0.2) is 11.6 Å². The molecular weight excluding hydrogens is 332 g/mol. The highest BCUT2D eigenvalue weighted by molar-refractivity contribution is 6.04. The van der Waals surface area contributed by atoms with E-state index in [2.05, 4.69) is 30.4 Å². The first-order valence-electron chi connectivity index (χ1n) is 8.41. The van der Waals surface area contributed by atoms with Crippen LogP contribution in [0.25, 0.3) is 11.3 Å². The minimum absolute atomic E-state index is 0.0891. The van der Waals surface area contributed by atoms with Gasteiger partial charge in [-0.25, -0.2) is 14.8 Å². The van der Waals surface area contributed by atoms with Crippen molar-refractivity contribution in [3.8, 4) is 11.3 Å². The molecule has 1 saturated heterocycles. The molecular formula is C17H16N8O. The summed E-state index contributed by atoms with van der Waals surface area (Å²) in [6, 6.07) is 3.83. The van der Waals surface area contributed by atoms with Gasteiger partial charge in [0.2, 0.25) is 0 Å². The molecule has 0 unspecified atom stereocenters. The number of amides is 2. The number of aromatic amines is 1. The van der Waals surface area contributed by atoms with Crippen molar-refractivity contribution in [2.75, 3.05) is 28.2 Å². The van der Waals surface area contributed by atoms with Crippen LogP contribution < -0.4 is 15.1 Å². The van der Waals surface area contributed by atoms with Crippen LogP contribution in [0.2, 0.25) is 0 Å². The fourth-order valence-corrected chi connectivity index (χ4v) is 3.56. The zero-order valence-corrected chi connectivity index (χ0v) is 13.8. The van der Waals surface area contributed by atoms with Crippen molar-refractivity contribution in [2.45, 2.75) is 12.5 Å². The number of carbonyl (C=O) groups excluding carboxylic acids is 1. The highest BCUT2D eigenvalue weighted by Gasteiger charge is 2.40. The first-order valence-corrected chi connectivity index (χ1v) is 8.41. The Balaban J connectivity index is 1.54. The second-order valence-corrected chi connectivity index (χ2v) is 6.31. The maximum Gasteiger partial charge on any atom is 0.329 e. The summed E-state index contributed by atoms with van der Waals surface area (Å²) in [5, 5.41) is 9.60. The summed E-state index contributed by atoms with van der Waals surface area (Å²) < 4.78 is 0. The number of urea groups is 1. The largest absolute Gasteiger partial charge is 0.366 e. The zero-order chi connectivity index (χ0) is 17.5. The third kappa shape index (κ3) is 2.36. The molecule has 2 aliphatic heterocycles. The molecule has 0 radical (unpaired) electrons. The fourth-order valence-electron chi connectivity index (χ4n) is 3.56. The predicted octanol–water partition coefficient (Wildman–Crippen LogP) is 1.89. The number of nitrogens with zero attached hydrogens (tertiary/aromatic N) is 6. The van der Waals surface area contributed by atoms with E-state index in [1.165, 1.54) is 6.20 Å². The molecule has 1 atom stereocenters. The van der Waals surface area contributed by atoms with E-state index >= 15 is 0 Å². The van der Waals surface area contributed by atoms with Crippen LogP contribution in [0, 0.1) is 0 Å². The molecule has 9 nitrogen and oxygen atoms in total. The lowest BCUT2D eigenvalue weighted by molar-refractivity contribution is 0.254. The van der Waals surface area contributed by atoms with Crippen molar-refractivity contribution >= 4 is 23.4 Å². The standard InChI is InChI=1S/C17H16N8O/c26-17(23-15-9-18-4-5-19-15)25-12-3-6-24(10-12)14-2-1-13(22-16(14)25)11-7-20-21-8-11/h1-2,4-5,7-9,12H,3,6,10H2,(H,20,21)(H,19,23,26)/t12-/m1/s1. The Hall–Kier alpha value is -3.49. The van der Waals surface area contributed by atoms with Gasteiger partial charge >= 0.3 is 6.03 Å². The maximum atomic E-state index is 13.0. The number of nitrogens with one attached hydrogen (secondary N) is 2. The molecule has 0 aliphatic carbocycles. The first-order chi connectivity index (χ1) is 12.8. The number of carbonyl (C=O) groups is 1. The summed E-state index contributed by atoms with van der Waals surface area (Å²) in [5.74, 6) is 1.09. The van der Waals surface area contributed by atoms with Crippen molar-refractivity contribution in [1.82, 2.24) is 25.1 Å². The molecule has 3 aromatic heterocycles. The van der Waals surface area contributed by atoms with Gasteiger partial charge < -0.3 is 4.90 Å². The van der Waals surface area contributed by atoms with Crippen molar-refractivity contribution < 1.29 is 4.79 Å². The average molecular weight is 348 g/mol. The molecule has 0 aromatic carbocycles. The molecule has 2 bridgehead atoms. The molecule has 0 saturated carbocycles. The number of aromatic nitrogens is 5. The van der Waals surface area contributed by atoms with Crippen LogP contribution in [0.3, 0.4) is 0 Å². The van der Waals surface area contributed by atoms with Crippen molar-refractivity contribution in [3.63, 3.8) is 0 Å². The Kier molecular flexibility index (Phi) is 3.30. The molecule has 5 rings (SSSR count). The lowest BCUT2D eigenvalue weighted by atomic mass is 10.1. The topological polar surface area (TPSA) is 103 Å². The number of anilines is 3. The molecule has 9 heteroatoms. The van der Waals surface area contributed by atoms with Crippen LogP contribution in [-0.4, -0.2) is 50.3 Å². The van der Waals surface area contributed by atoms with E-state index in [0.29, 0.717) is 11.6 Å². The van der Waals surface area contributed by atoms with Gasteiger partial charge in [-0.2, -0.15) is 5.10 Å². The van der Waals surface area contributed by atoms with Crippen LogP contribution in [0.15, 0.2) is 43.1 Å². The number of fused-ring (bicyclic) bond motifs is 4. The number of H-pyrrole nitrogens is 1. The molecule has 0 spiro atoms. The zero-order valence-electron chi connectivity index (χ0n) is 13.8. The van der Waals surface area contributed by atoms with Crippen LogP contribution in [0.1, 0.15) is 6.42 Å². The summed E-state index contributed by atoms with van der Waals surface area (Å²) >= 11 is 0. The number of rotatable bonds is 2. The quantitative estimate of drug-likeness (QED) is 0.733. The van der Waals surface area contributed by atoms with Gasteiger partial charge in [-0.05, 0) is 18.6 Å². The molecule has 2 aliphatic rings. The molecule has 2 amide bonds. The van der Waals surface area contributed by atoms with Gasteiger partial charge in [0.1, 0.15) is 0 Å². The molecule has 3 aromatic rings. The smallest absolute Gasteiger partial charge is 0.329 e. The van der Waals surface area contributed by atoms with Gasteiger partial charge in [-0.1, -0.05) is 0 Å². The normalized spacial score (nSPS) is 17.9. The second kappa shape index (κ2) is 5.80. The Labute approximate surface area is 149 Å². The van der Waals surface area contributed by atoms with Crippen LogP contribution in [0.5, 0.6) is 0 Å². The van der Waals surface area contributed by atoms with E-state index in [0.717, 1.165) is 36.5 Å². The van der Waals surface area contributed by atoms with E-state index in [1.54, 1.807) is 29.7 Å². The number of hydrogen-bond donors (Lipinski definition) is 2. The average Bonchev–Trinajstić information content (AvgIpc) is 3.33. The van der Waals surface area contributed by atoms with Crippen LogP contribution in [0.4, 0.5) is 22.1 Å². The van der Waals surface area contributed by atoms with Gasteiger partial charge in [-0.15, -0.1) is 0 Å². The highest BCUT2D eigenvalue weighted by Crippen LogP contribution is 2.40. The number of hydrogen-bond acceptors (Lipinski definition) is 6. The second-order valence-electron chi connectivity index (χ2n) is 6.31. The Bertz CT molecular complexity index is 943. The minimum atomic E-state index is -0.241. The third-order valence-electron chi connectivity index (χ3n) is 4.76. The molecule has 1 fully saturated rings. The van der Waals surface area contributed by atoms with Crippen LogP contribution in [-0.2, 0) is 0 Å². The van der Waals surface area contributed by atoms with Crippen molar-refractivity contribution in [3.05, 3.63) is 43.1 Å². The van der Waals surface area contributed by atoms with Gasteiger partial charge in [0.05, 0.1) is 29.8 Å². The third-order valence-corrected chi connectivity index (χ3v) is 4.76. The Morgan fingerprint density at radius 1 is 1.27 bits per heavy atom. The summed E-state index contributed by atoms with van der Waals surface area (Å²) in [5.41, 5.74) is 2.63. The van der Waals surface area contributed by atoms with Gasteiger partial charge in [0.25, 0.3) is 0 Å². The van der Waals surface area contributed by atoms with Crippen LogP contribution >= 0.6 is 0 Å². The summed E-state index contributed by atoms with van der Waals surface area (Å²) in [6.45, 7) is 1.73. The Morgan fingerprint density at radius 3 is 3.04 bits per heavy atom. The predicted molar refractivity (Wildman–Crippen MR) is 96.0 cm³/mol. The van der Waals surface area contributed by atoms with E-state index in [4.69, 9.17) is 4.98 Å². The maximum absolute atomic E-state index is 13.0. The van der Waals surface area contributed by atoms with Crippen molar-refractivity contribution in [1.29, 1.82) is 0 Å². The lowest BCUT2D eigenvalue weighted by Crippen LogP contribution is -2.48. The van der Waals surface area contributed by atoms with E-state index in [1.807, 2.05) is 12.1 Å². The fraction of sp³-hybridized carbons (Fsp3) is 0.235. The SMILES string of the molecule is O=C(Nc1cnccn1)N1c2nc(-c3cn[nH]c3)ccc2N2CC[C@@H]1C2. The number of pyridine rings is 1. The van der Waals surface area contributed by atoms with Gasteiger partial charge in [0, 0.05) is 37.2 Å². The molecule has 2 N–H and O–H groups in total. The first kappa shape index (κ1) is 14.8. The Morgan fingerprint density at radius 2 is 2.23 bits per heavy atom. The minimum Gasteiger partial charge on any atom is -0.366 e. The van der Waals surface area contributed by atoms with E-state index in [-0.39, 0.29) is 12.1 Å². The molecule has 5 heterocycles. The van der Waals surface area contributed by atoms with Gasteiger partial charge in [-0.3, -0.25) is 20.3 Å². The summed E-state index contributed by atoms with van der Waals surface area (Å²) in [4.78, 5) is 29.9. The summed E-state index contributed by atoms with van der Waals surface area (Å²) in [7, 11) is 0. The lowest BCUT2D eigenvalue weighted by Gasteiger charge is -2.35. The molecule has 130 valence electrons. The van der Waals surface area contributed by atoms with Crippen molar-refractivity contribution in [2.24, 2.45) is 0 Å². The monoisotopic (exact) mass is 348 g/mol. The molecule has 26 heavy (non-hydrogen) atoms. The van der Waals surface area contributed by atoms with E-state index in [9.17, 15) is 4.79 Å². The van der Waals surface area contributed by atoms with E-state index < -0.39 is 0 Å². The summed E-state index contributed by atoms with van der Waals surface area (Å²) in [6.07, 6.45) is 9.06.